The molecule has 0 aliphatic heterocycles. The number of nitro groups is 1. The molecule has 0 saturated carbocycles. The second-order valence-electron chi connectivity index (χ2n) is 3.91. The summed E-state index contributed by atoms with van der Waals surface area (Å²) in [6.07, 6.45) is 1.45. The lowest BCUT2D eigenvalue weighted by Crippen LogP contribution is -2.13. The van der Waals surface area contributed by atoms with Crippen LogP contribution in [0.2, 0.25) is 5.02 Å². The van der Waals surface area contributed by atoms with Crippen LogP contribution >= 0.6 is 11.6 Å². The number of aromatic hydroxyl groups is 1. The van der Waals surface area contributed by atoms with Crippen molar-refractivity contribution >= 4 is 28.9 Å². The molecule has 8 nitrogen and oxygen atoms in total. The Kier molecular flexibility index (Phi) is 3.57. The van der Waals surface area contributed by atoms with Gasteiger partial charge < -0.3 is 10.4 Å². The number of anilines is 1. The number of phenols is 1. The smallest absolute Gasteiger partial charge is 0.277 e. The van der Waals surface area contributed by atoms with E-state index in [1.165, 1.54) is 16.9 Å². The van der Waals surface area contributed by atoms with Crippen molar-refractivity contribution < 1.29 is 14.8 Å². The third-order valence-corrected chi connectivity index (χ3v) is 2.72. The van der Waals surface area contributed by atoms with Crippen molar-refractivity contribution in [1.29, 1.82) is 0 Å². The van der Waals surface area contributed by atoms with Crippen LogP contribution < -0.4 is 5.32 Å². The van der Waals surface area contributed by atoms with Crippen LogP contribution in [0.3, 0.4) is 0 Å². The fourth-order valence-corrected chi connectivity index (χ4v) is 1.80. The second-order valence-corrected chi connectivity index (χ2v) is 4.32. The molecule has 2 N–H and O–H groups in total. The average Bonchev–Trinajstić information content (AvgIpc) is 2.70. The minimum atomic E-state index is -0.652. The molecule has 0 fully saturated rings. The van der Waals surface area contributed by atoms with E-state index >= 15 is 0 Å². The number of phenolic OH excluding ortho intramolecular Hbond substituents is 1. The molecule has 1 heterocycles. The first-order valence-corrected chi connectivity index (χ1v) is 5.74. The lowest BCUT2D eigenvalue weighted by molar-refractivity contribution is -0.384. The maximum atomic E-state index is 11.9. The number of nitrogens with one attached hydrogen (secondary N) is 1. The van der Waals surface area contributed by atoms with Gasteiger partial charge in [-0.25, -0.2) is 0 Å². The molecule has 0 atom stereocenters. The monoisotopic (exact) mass is 296 g/mol. The topological polar surface area (TPSA) is 110 Å². The van der Waals surface area contributed by atoms with Crippen molar-refractivity contribution in [3.05, 3.63) is 45.2 Å². The van der Waals surface area contributed by atoms with Gasteiger partial charge in [-0.3, -0.25) is 19.6 Å². The van der Waals surface area contributed by atoms with E-state index in [9.17, 15) is 20.0 Å². The van der Waals surface area contributed by atoms with Crippen LogP contribution in [0.25, 0.3) is 0 Å². The van der Waals surface area contributed by atoms with Crippen LogP contribution in [-0.4, -0.2) is 25.7 Å². The molecule has 104 valence electrons. The maximum Gasteiger partial charge on any atom is 0.277 e. The highest BCUT2D eigenvalue weighted by Gasteiger charge is 2.17. The maximum absolute atomic E-state index is 11.9. The van der Waals surface area contributed by atoms with E-state index in [2.05, 4.69) is 10.4 Å². The SMILES string of the molecule is Cn1cc(Cl)c(C(=O)Nc2ccc([N+](=O)[O-])cc2O)n1. The van der Waals surface area contributed by atoms with Crippen LogP contribution in [0, 0.1) is 10.1 Å². The number of aryl methyl sites for hydroxylation is 1. The number of aromatic nitrogens is 2. The molecule has 1 aromatic heterocycles. The largest absolute Gasteiger partial charge is 0.506 e. The van der Waals surface area contributed by atoms with Gasteiger partial charge in [0.15, 0.2) is 5.69 Å². The predicted molar refractivity (Wildman–Crippen MR) is 70.9 cm³/mol. The lowest BCUT2D eigenvalue weighted by atomic mass is 10.2. The molecular weight excluding hydrogens is 288 g/mol. The van der Waals surface area contributed by atoms with Crippen molar-refractivity contribution in [1.82, 2.24) is 9.78 Å². The van der Waals surface area contributed by atoms with E-state index in [0.29, 0.717) is 0 Å². The van der Waals surface area contributed by atoms with E-state index in [-0.39, 0.29) is 22.1 Å². The molecule has 0 radical (unpaired) electrons. The summed E-state index contributed by atoms with van der Waals surface area (Å²) in [6, 6.07) is 3.33. The van der Waals surface area contributed by atoms with Crippen molar-refractivity contribution in [2.24, 2.45) is 7.05 Å². The average molecular weight is 297 g/mol. The van der Waals surface area contributed by atoms with Crippen molar-refractivity contribution in [3.8, 4) is 5.75 Å². The number of hydrogen-bond acceptors (Lipinski definition) is 5. The van der Waals surface area contributed by atoms with Gasteiger partial charge in [0.25, 0.3) is 11.6 Å². The third kappa shape index (κ3) is 2.69. The quantitative estimate of drug-likeness (QED) is 0.511. The Balaban J connectivity index is 2.24. The summed E-state index contributed by atoms with van der Waals surface area (Å²) in [5, 5.41) is 26.6. The normalized spacial score (nSPS) is 10.3. The van der Waals surface area contributed by atoms with E-state index in [1.807, 2.05) is 0 Å². The van der Waals surface area contributed by atoms with Gasteiger partial charge in [-0.05, 0) is 6.07 Å². The van der Waals surface area contributed by atoms with Gasteiger partial charge in [0.05, 0.1) is 21.7 Å². The Morgan fingerprint density at radius 3 is 2.75 bits per heavy atom. The molecule has 0 unspecified atom stereocenters. The van der Waals surface area contributed by atoms with Gasteiger partial charge in [0.2, 0.25) is 0 Å². The number of carbonyl (C=O) groups excluding carboxylic acids is 1. The summed E-state index contributed by atoms with van der Waals surface area (Å²) >= 11 is 5.82. The molecule has 0 aliphatic rings. The number of nitro benzene ring substituents is 1. The van der Waals surface area contributed by atoms with Crippen LogP contribution in [-0.2, 0) is 7.05 Å². The van der Waals surface area contributed by atoms with Crippen LogP contribution in [0.5, 0.6) is 5.75 Å². The first-order valence-electron chi connectivity index (χ1n) is 5.36. The highest BCUT2D eigenvalue weighted by molar-refractivity contribution is 6.34. The highest BCUT2D eigenvalue weighted by atomic mass is 35.5. The minimum absolute atomic E-state index is 0.00748. The molecule has 0 spiro atoms. The third-order valence-electron chi connectivity index (χ3n) is 2.44. The molecule has 2 rings (SSSR count). The van der Waals surface area contributed by atoms with E-state index in [0.717, 1.165) is 12.1 Å². The standard InChI is InChI=1S/C11H9ClN4O4/c1-15-5-7(12)10(14-15)11(18)13-8-3-2-6(16(19)20)4-9(8)17/h2-5,17H,1H3,(H,13,18). The summed E-state index contributed by atoms with van der Waals surface area (Å²) in [5.74, 6) is -1.04. The lowest BCUT2D eigenvalue weighted by Gasteiger charge is -2.05. The van der Waals surface area contributed by atoms with Gasteiger partial charge in [-0.1, -0.05) is 11.6 Å². The van der Waals surface area contributed by atoms with Crippen molar-refractivity contribution in [2.75, 3.05) is 5.32 Å². The molecular formula is C11H9ClN4O4. The fourth-order valence-electron chi connectivity index (χ4n) is 1.53. The summed E-state index contributed by atoms with van der Waals surface area (Å²) in [6.45, 7) is 0. The summed E-state index contributed by atoms with van der Waals surface area (Å²) in [7, 11) is 1.60. The summed E-state index contributed by atoms with van der Waals surface area (Å²) in [5.41, 5.74) is -0.259. The van der Waals surface area contributed by atoms with Gasteiger partial charge in [0.1, 0.15) is 5.75 Å². The zero-order valence-electron chi connectivity index (χ0n) is 10.2. The summed E-state index contributed by atoms with van der Waals surface area (Å²) in [4.78, 5) is 21.8. The number of hydrogen-bond donors (Lipinski definition) is 2. The van der Waals surface area contributed by atoms with Gasteiger partial charge >= 0.3 is 0 Å². The first kappa shape index (κ1) is 13.8. The van der Waals surface area contributed by atoms with Crippen LogP contribution in [0.1, 0.15) is 10.5 Å². The molecule has 0 aliphatic carbocycles. The number of benzene rings is 1. The van der Waals surface area contributed by atoms with E-state index in [4.69, 9.17) is 11.6 Å². The zero-order chi connectivity index (χ0) is 14.9. The Morgan fingerprint density at radius 2 is 2.25 bits per heavy atom. The van der Waals surface area contributed by atoms with Gasteiger partial charge in [-0.2, -0.15) is 5.10 Å². The highest BCUT2D eigenvalue weighted by Crippen LogP contribution is 2.28. The number of rotatable bonds is 3. The number of amides is 1. The zero-order valence-corrected chi connectivity index (χ0v) is 11.0. The Morgan fingerprint density at radius 1 is 1.55 bits per heavy atom. The number of nitrogens with zero attached hydrogens (tertiary/aromatic N) is 3. The number of carbonyl (C=O) groups is 1. The van der Waals surface area contributed by atoms with Crippen molar-refractivity contribution in [3.63, 3.8) is 0 Å². The summed E-state index contributed by atoms with van der Waals surface area (Å²) < 4.78 is 1.37. The Bertz CT molecular complexity index is 698. The molecule has 1 amide bonds. The molecule has 9 heteroatoms. The molecule has 0 saturated heterocycles. The van der Waals surface area contributed by atoms with Gasteiger partial charge in [-0.15, -0.1) is 0 Å². The molecule has 20 heavy (non-hydrogen) atoms. The fraction of sp³-hybridized carbons (Fsp3) is 0.0909. The molecule has 1 aromatic carbocycles. The molecule has 2 aromatic rings. The van der Waals surface area contributed by atoms with Crippen molar-refractivity contribution in [2.45, 2.75) is 0 Å². The number of halogens is 1. The molecule has 0 bridgehead atoms. The Labute approximate surface area is 117 Å². The minimum Gasteiger partial charge on any atom is -0.506 e. The van der Waals surface area contributed by atoms with E-state index < -0.39 is 16.6 Å². The number of non-ortho nitro benzene ring substituents is 1. The van der Waals surface area contributed by atoms with Crippen LogP contribution in [0.15, 0.2) is 24.4 Å². The second kappa shape index (κ2) is 5.17. The van der Waals surface area contributed by atoms with Gasteiger partial charge in [0, 0.05) is 19.3 Å². The van der Waals surface area contributed by atoms with E-state index in [1.54, 1.807) is 7.05 Å². The predicted octanol–water partition coefficient (Wildman–Crippen LogP) is 1.94. The van der Waals surface area contributed by atoms with Crippen LogP contribution in [0.4, 0.5) is 11.4 Å². The first-order chi connectivity index (χ1) is 9.38. The Hall–Kier alpha value is -2.61.